The predicted octanol–water partition coefficient (Wildman–Crippen LogP) is 3.17. The number of carbonyl (C=O) groups excluding carboxylic acids is 1. The van der Waals surface area contributed by atoms with Crippen molar-refractivity contribution in [1.82, 2.24) is 9.97 Å². The number of hydrogen-bond acceptors (Lipinski definition) is 7. The molecule has 3 rings (SSSR count). The van der Waals surface area contributed by atoms with Gasteiger partial charge in [0.2, 0.25) is 0 Å². The minimum Gasteiger partial charge on any atom is -0.485 e. The molecule has 0 atom stereocenters. The van der Waals surface area contributed by atoms with E-state index in [9.17, 15) is 23.7 Å². The molecule has 3 aromatic rings. The number of halogens is 3. The zero-order valence-electron chi connectivity index (χ0n) is 14.5. The number of nitrogens with one attached hydrogen (secondary N) is 1. The molecule has 0 unspecified atom stereocenters. The summed E-state index contributed by atoms with van der Waals surface area (Å²) in [5.74, 6) is -3.72. The Morgan fingerprint density at radius 1 is 1.28 bits per heavy atom. The minimum atomic E-state index is -1.35. The molecule has 0 aliphatic rings. The molecular formula is C17H12BrF2N5O4. The van der Waals surface area contributed by atoms with Crippen LogP contribution in [-0.4, -0.2) is 34.0 Å². The second kappa shape index (κ2) is 8.41. The van der Waals surface area contributed by atoms with Crippen LogP contribution in [0.5, 0.6) is 5.75 Å². The van der Waals surface area contributed by atoms with Crippen molar-refractivity contribution in [2.24, 2.45) is 5.73 Å². The summed E-state index contributed by atoms with van der Waals surface area (Å²) in [6.45, 7) is 0.199. The first-order valence-corrected chi connectivity index (χ1v) is 8.83. The maximum Gasteiger partial charge on any atom is 0.311 e. The molecule has 0 saturated heterocycles. The molecule has 1 aromatic heterocycles. The molecule has 29 heavy (non-hydrogen) atoms. The fourth-order valence-electron chi connectivity index (χ4n) is 2.48. The van der Waals surface area contributed by atoms with Crippen molar-refractivity contribution >= 4 is 44.2 Å². The van der Waals surface area contributed by atoms with E-state index in [0.717, 1.165) is 18.5 Å². The highest BCUT2D eigenvalue weighted by Crippen LogP contribution is 2.34. The van der Waals surface area contributed by atoms with Crippen LogP contribution in [0, 0.1) is 21.7 Å². The third-order valence-electron chi connectivity index (χ3n) is 3.80. The Morgan fingerprint density at radius 2 is 2.03 bits per heavy atom. The molecule has 1 amide bonds. The van der Waals surface area contributed by atoms with Gasteiger partial charge in [0.05, 0.1) is 25.9 Å². The molecule has 2 aromatic carbocycles. The van der Waals surface area contributed by atoms with Gasteiger partial charge in [-0.1, -0.05) is 0 Å². The van der Waals surface area contributed by atoms with Crippen LogP contribution in [0.4, 0.5) is 20.3 Å². The summed E-state index contributed by atoms with van der Waals surface area (Å²) >= 11 is 2.82. The Kier molecular flexibility index (Phi) is 5.94. The lowest BCUT2D eigenvalue weighted by atomic mass is 10.1. The lowest BCUT2D eigenvalue weighted by Gasteiger charge is -2.10. The van der Waals surface area contributed by atoms with E-state index in [1.165, 1.54) is 12.1 Å². The number of amides is 1. The van der Waals surface area contributed by atoms with Gasteiger partial charge in [0, 0.05) is 18.7 Å². The molecule has 3 N–H and O–H groups in total. The molecule has 0 spiro atoms. The van der Waals surface area contributed by atoms with Gasteiger partial charge in [0.25, 0.3) is 5.91 Å². The van der Waals surface area contributed by atoms with Gasteiger partial charge in [-0.2, -0.15) is 0 Å². The fourth-order valence-corrected chi connectivity index (χ4v) is 2.78. The minimum absolute atomic E-state index is 0.0510. The molecule has 9 nitrogen and oxygen atoms in total. The Bertz CT molecular complexity index is 1130. The number of fused-ring (bicyclic) bond motifs is 1. The van der Waals surface area contributed by atoms with Gasteiger partial charge < -0.3 is 15.8 Å². The van der Waals surface area contributed by atoms with E-state index in [1.807, 2.05) is 0 Å². The van der Waals surface area contributed by atoms with Gasteiger partial charge in [-0.25, -0.2) is 18.7 Å². The van der Waals surface area contributed by atoms with Gasteiger partial charge in [-0.05, 0) is 28.1 Å². The largest absolute Gasteiger partial charge is 0.485 e. The monoisotopic (exact) mass is 467 g/mol. The van der Waals surface area contributed by atoms with E-state index in [0.29, 0.717) is 0 Å². The number of aromatic nitrogens is 2. The summed E-state index contributed by atoms with van der Waals surface area (Å²) in [6.07, 6.45) is 1.11. The smallest absolute Gasteiger partial charge is 0.311 e. The normalized spacial score (nSPS) is 10.8. The van der Waals surface area contributed by atoms with E-state index in [1.54, 1.807) is 0 Å². The molecule has 150 valence electrons. The Balaban J connectivity index is 2.04. The maximum absolute atomic E-state index is 14.1. The first kappa shape index (κ1) is 20.5. The van der Waals surface area contributed by atoms with Gasteiger partial charge >= 0.3 is 5.69 Å². The third-order valence-corrected chi connectivity index (χ3v) is 4.41. The number of hydrogen-bond donors (Lipinski definition) is 2. The van der Waals surface area contributed by atoms with Crippen LogP contribution < -0.4 is 15.8 Å². The summed E-state index contributed by atoms with van der Waals surface area (Å²) in [5.41, 5.74) is 4.63. The predicted molar refractivity (Wildman–Crippen MR) is 103 cm³/mol. The molecule has 12 heteroatoms. The topological polar surface area (TPSA) is 133 Å². The van der Waals surface area contributed by atoms with Crippen molar-refractivity contribution in [1.29, 1.82) is 0 Å². The lowest BCUT2D eigenvalue weighted by Crippen LogP contribution is -2.16. The zero-order chi connectivity index (χ0) is 21.1. The number of nitro benzene ring substituents is 1. The van der Waals surface area contributed by atoms with Crippen LogP contribution in [0.15, 0.2) is 35.1 Å². The van der Waals surface area contributed by atoms with Gasteiger partial charge in [0.15, 0.2) is 17.4 Å². The van der Waals surface area contributed by atoms with Crippen LogP contribution in [0.3, 0.4) is 0 Å². The van der Waals surface area contributed by atoms with E-state index in [4.69, 9.17) is 10.5 Å². The molecule has 0 saturated carbocycles. The van der Waals surface area contributed by atoms with Crippen molar-refractivity contribution in [2.45, 2.75) is 0 Å². The van der Waals surface area contributed by atoms with Gasteiger partial charge in [-0.15, -0.1) is 0 Å². The molecule has 0 radical (unpaired) electrons. The number of ether oxygens (including phenoxy) is 1. The van der Waals surface area contributed by atoms with Crippen molar-refractivity contribution in [3.8, 4) is 5.75 Å². The number of carbonyl (C=O) groups is 1. The van der Waals surface area contributed by atoms with Crippen molar-refractivity contribution in [2.75, 3.05) is 18.5 Å². The summed E-state index contributed by atoms with van der Waals surface area (Å²) < 4.78 is 32.9. The Morgan fingerprint density at radius 3 is 2.72 bits per heavy atom. The summed E-state index contributed by atoms with van der Waals surface area (Å²) in [4.78, 5) is 31.0. The van der Waals surface area contributed by atoms with E-state index >= 15 is 0 Å². The molecule has 0 fully saturated rings. The highest BCUT2D eigenvalue weighted by molar-refractivity contribution is 9.10. The van der Waals surface area contributed by atoms with Crippen LogP contribution in [-0.2, 0) is 0 Å². The van der Waals surface area contributed by atoms with Crippen LogP contribution >= 0.6 is 15.9 Å². The van der Waals surface area contributed by atoms with Gasteiger partial charge in [-0.3, -0.25) is 14.9 Å². The maximum atomic E-state index is 14.1. The lowest BCUT2D eigenvalue weighted by molar-refractivity contribution is -0.385. The SMILES string of the molecule is NCCOc1cc2ncnc(NC(=O)c3ccc(Br)c(F)c3F)c2cc1[N+](=O)[O-]. The van der Waals surface area contributed by atoms with Crippen LogP contribution in [0.25, 0.3) is 10.9 Å². The van der Waals surface area contributed by atoms with Gasteiger partial charge in [0.1, 0.15) is 18.8 Å². The standard InChI is InChI=1S/C17H12BrF2N5O4/c18-10-2-1-8(14(19)15(10)20)17(26)24-16-9-5-12(25(27)28)13(29-4-3-21)6-11(9)22-7-23-16/h1-2,5-7H,3-4,21H2,(H,22,23,24,26). The average Bonchev–Trinajstić information content (AvgIpc) is 2.69. The summed E-state index contributed by atoms with van der Waals surface area (Å²) in [7, 11) is 0. The number of anilines is 1. The third kappa shape index (κ3) is 4.12. The number of rotatable bonds is 6. The highest BCUT2D eigenvalue weighted by Gasteiger charge is 2.22. The van der Waals surface area contributed by atoms with Crippen LogP contribution in [0.2, 0.25) is 0 Å². The quantitative estimate of drug-likeness (QED) is 0.323. The number of nitrogens with two attached hydrogens (primary N) is 1. The fraction of sp³-hybridized carbons (Fsp3) is 0.118. The first-order valence-electron chi connectivity index (χ1n) is 8.04. The number of nitrogens with zero attached hydrogens (tertiary/aromatic N) is 3. The van der Waals surface area contributed by atoms with E-state index in [-0.39, 0.29) is 40.1 Å². The van der Waals surface area contributed by atoms with E-state index < -0.39 is 33.7 Å². The van der Waals surface area contributed by atoms with Crippen molar-refractivity contribution in [3.05, 3.63) is 62.4 Å². The Hall–Kier alpha value is -3.25. The molecule has 0 bridgehead atoms. The number of nitro groups is 1. The highest BCUT2D eigenvalue weighted by atomic mass is 79.9. The molecular weight excluding hydrogens is 456 g/mol. The summed E-state index contributed by atoms with van der Waals surface area (Å²) in [6, 6.07) is 4.69. The average molecular weight is 468 g/mol. The second-order valence-electron chi connectivity index (χ2n) is 5.63. The molecule has 0 aliphatic carbocycles. The zero-order valence-corrected chi connectivity index (χ0v) is 16.1. The first-order chi connectivity index (χ1) is 13.8. The molecule has 1 heterocycles. The second-order valence-corrected chi connectivity index (χ2v) is 6.48. The molecule has 0 aliphatic heterocycles. The number of benzene rings is 2. The van der Waals surface area contributed by atoms with Crippen molar-refractivity contribution < 1.29 is 23.2 Å². The Labute approximate surface area is 170 Å². The van der Waals surface area contributed by atoms with Crippen molar-refractivity contribution in [3.63, 3.8) is 0 Å². The van der Waals surface area contributed by atoms with Crippen LogP contribution in [0.1, 0.15) is 10.4 Å². The summed E-state index contributed by atoms with van der Waals surface area (Å²) in [5, 5.41) is 13.8. The van der Waals surface area contributed by atoms with E-state index in [2.05, 4.69) is 31.2 Å².